The third-order valence-electron chi connectivity index (χ3n) is 6.51. The van der Waals surface area contributed by atoms with E-state index >= 15 is 0 Å². The highest BCUT2D eigenvalue weighted by atomic mass is 16.6. The second kappa shape index (κ2) is 13.1. The molecule has 196 valence electrons. The van der Waals surface area contributed by atoms with Crippen molar-refractivity contribution in [3.8, 4) is 11.5 Å². The van der Waals surface area contributed by atoms with Crippen molar-refractivity contribution in [2.75, 3.05) is 6.61 Å². The van der Waals surface area contributed by atoms with E-state index in [9.17, 15) is 15.0 Å². The molecule has 0 spiro atoms. The molecule has 0 saturated carbocycles. The zero-order valence-electron chi connectivity index (χ0n) is 21.3. The van der Waals surface area contributed by atoms with E-state index in [0.29, 0.717) is 36.3 Å². The van der Waals surface area contributed by atoms with Crippen LogP contribution >= 0.6 is 0 Å². The standard InChI is InChI=1S/C30H35NO6/c1-21-12-6-3-2-4-9-15-23(31-36-20-22-13-7-5-8-14-22)18-24-28(27-16-10-11-17-35-27)25(32)19-26(33)29(24)30(34)37-21/h3,5-9,13-15,19,21,27,32-33H,2,4,10-12,16-18,20H2,1H3/b6-3+,15-9+,31-23+/t21-,27?/m1/s1. The van der Waals surface area contributed by atoms with Gasteiger partial charge in [0.1, 0.15) is 29.8 Å². The SMILES string of the molecule is C[C@@H]1C/C=C/CC/C=C/C(=N\OCc2ccccc2)Cc2c(c(O)cc(O)c2C2CCCCO2)C(=O)O1. The van der Waals surface area contributed by atoms with Gasteiger partial charge < -0.3 is 24.5 Å². The highest BCUT2D eigenvalue weighted by Crippen LogP contribution is 2.41. The van der Waals surface area contributed by atoms with E-state index < -0.39 is 12.1 Å². The van der Waals surface area contributed by atoms with Crippen molar-refractivity contribution in [1.82, 2.24) is 0 Å². The Balaban J connectivity index is 1.76. The summed E-state index contributed by atoms with van der Waals surface area (Å²) >= 11 is 0. The zero-order chi connectivity index (χ0) is 26.0. The summed E-state index contributed by atoms with van der Waals surface area (Å²) in [7, 11) is 0. The molecule has 2 N–H and O–H groups in total. The van der Waals surface area contributed by atoms with Crippen LogP contribution in [0.25, 0.3) is 0 Å². The second-order valence-corrected chi connectivity index (χ2v) is 9.46. The minimum Gasteiger partial charge on any atom is -0.507 e. The molecule has 0 aliphatic carbocycles. The number of fused-ring (bicyclic) bond motifs is 1. The smallest absolute Gasteiger partial charge is 0.342 e. The van der Waals surface area contributed by atoms with Gasteiger partial charge in [-0.1, -0.05) is 53.7 Å². The molecule has 4 rings (SSSR count). The fraction of sp³-hybridized carbons (Fsp3) is 0.400. The monoisotopic (exact) mass is 505 g/mol. The normalized spacial score (nSPS) is 23.9. The molecule has 0 radical (unpaired) electrons. The Kier molecular flexibility index (Phi) is 9.38. The number of hydrogen-bond donors (Lipinski definition) is 2. The van der Waals surface area contributed by atoms with Crippen LogP contribution in [0, 0.1) is 0 Å². The van der Waals surface area contributed by atoms with Crippen LogP contribution in [-0.4, -0.2) is 34.6 Å². The molecule has 0 amide bonds. The maximum atomic E-state index is 13.3. The zero-order valence-corrected chi connectivity index (χ0v) is 21.3. The quantitative estimate of drug-likeness (QED) is 0.288. The van der Waals surface area contributed by atoms with Gasteiger partial charge in [0.2, 0.25) is 0 Å². The minimum absolute atomic E-state index is 0.0269. The molecule has 1 unspecified atom stereocenters. The van der Waals surface area contributed by atoms with Gasteiger partial charge in [-0.05, 0) is 56.2 Å². The lowest BCUT2D eigenvalue weighted by atomic mass is 9.88. The lowest BCUT2D eigenvalue weighted by Gasteiger charge is -2.27. The molecule has 2 heterocycles. The van der Waals surface area contributed by atoms with Crippen molar-refractivity contribution in [1.29, 1.82) is 0 Å². The van der Waals surface area contributed by atoms with Gasteiger partial charge in [0.15, 0.2) is 0 Å². The first-order valence-electron chi connectivity index (χ1n) is 13.0. The van der Waals surface area contributed by atoms with Crippen molar-refractivity contribution >= 4 is 11.7 Å². The number of nitrogens with zero attached hydrogens (tertiary/aromatic N) is 1. The first kappa shape index (κ1) is 26.5. The minimum atomic E-state index is -0.643. The molecular weight excluding hydrogens is 470 g/mol. The highest BCUT2D eigenvalue weighted by Gasteiger charge is 2.31. The van der Waals surface area contributed by atoms with Crippen molar-refractivity contribution in [2.45, 2.75) is 70.7 Å². The Morgan fingerprint density at radius 3 is 2.65 bits per heavy atom. The number of phenols is 2. The summed E-state index contributed by atoms with van der Waals surface area (Å²) in [6.07, 6.45) is 12.1. The number of rotatable bonds is 4. The summed E-state index contributed by atoms with van der Waals surface area (Å²) in [5, 5.41) is 26.1. The van der Waals surface area contributed by atoms with E-state index in [2.05, 4.69) is 11.2 Å². The van der Waals surface area contributed by atoms with E-state index in [-0.39, 0.29) is 36.2 Å². The number of phenolic OH excluding ortho intramolecular Hbond substituents is 2. The Bertz CT molecular complexity index is 1150. The van der Waals surface area contributed by atoms with Gasteiger partial charge in [-0.3, -0.25) is 0 Å². The molecule has 7 heteroatoms. The lowest BCUT2D eigenvalue weighted by Crippen LogP contribution is -2.21. The number of cyclic esters (lactones) is 1. The third-order valence-corrected chi connectivity index (χ3v) is 6.51. The molecule has 2 atom stereocenters. The molecule has 0 bridgehead atoms. The van der Waals surface area contributed by atoms with Crippen LogP contribution in [0.2, 0.25) is 0 Å². The number of oxime groups is 1. The summed E-state index contributed by atoms with van der Waals surface area (Å²) in [6.45, 7) is 2.67. The maximum absolute atomic E-state index is 13.3. The summed E-state index contributed by atoms with van der Waals surface area (Å²) < 4.78 is 11.7. The Morgan fingerprint density at radius 2 is 1.86 bits per heavy atom. The van der Waals surface area contributed by atoms with Crippen molar-refractivity contribution in [3.63, 3.8) is 0 Å². The van der Waals surface area contributed by atoms with E-state index in [1.807, 2.05) is 55.5 Å². The number of ether oxygens (including phenoxy) is 2. The van der Waals surface area contributed by atoms with Crippen LogP contribution in [0.1, 0.15) is 78.6 Å². The van der Waals surface area contributed by atoms with Gasteiger partial charge >= 0.3 is 5.97 Å². The van der Waals surface area contributed by atoms with E-state index in [1.54, 1.807) is 0 Å². The molecule has 2 aliphatic rings. The van der Waals surface area contributed by atoms with Gasteiger partial charge in [-0.2, -0.15) is 0 Å². The van der Waals surface area contributed by atoms with Crippen LogP contribution in [0.3, 0.4) is 0 Å². The molecule has 2 aliphatic heterocycles. The summed E-state index contributed by atoms with van der Waals surface area (Å²) in [5.41, 5.74) is 2.50. The van der Waals surface area contributed by atoms with Crippen LogP contribution in [0.5, 0.6) is 11.5 Å². The first-order chi connectivity index (χ1) is 18.0. The van der Waals surface area contributed by atoms with Crippen molar-refractivity contribution in [2.24, 2.45) is 5.16 Å². The van der Waals surface area contributed by atoms with E-state index in [4.69, 9.17) is 14.3 Å². The number of carbonyl (C=O) groups is 1. The van der Waals surface area contributed by atoms with Crippen LogP contribution in [-0.2, 0) is 27.3 Å². The molecule has 37 heavy (non-hydrogen) atoms. The molecule has 1 saturated heterocycles. The molecule has 7 nitrogen and oxygen atoms in total. The number of aromatic hydroxyl groups is 2. The summed E-state index contributed by atoms with van der Waals surface area (Å²) in [6, 6.07) is 10.9. The predicted molar refractivity (Wildman–Crippen MR) is 142 cm³/mol. The Labute approximate surface area is 218 Å². The van der Waals surface area contributed by atoms with Crippen LogP contribution in [0.15, 0.2) is 65.9 Å². The van der Waals surface area contributed by atoms with Gasteiger partial charge in [0, 0.05) is 31.1 Å². The van der Waals surface area contributed by atoms with Crippen molar-refractivity contribution < 1.29 is 29.3 Å². The Morgan fingerprint density at radius 1 is 1.05 bits per heavy atom. The molecular formula is C30H35NO6. The lowest BCUT2D eigenvalue weighted by molar-refractivity contribution is 0.0129. The van der Waals surface area contributed by atoms with Crippen LogP contribution < -0.4 is 0 Å². The topological polar surface area (TPSA) is 97.6 Å². The number of allylic oxidation sites excluding steroid dienone is 3. The molecule has 2 aromatic carbocycles. The average molecular weight is 506 g/mol. The summed E-state index contributed by atoms with van der Waals surface area (Å²) in [4.78, 5) is 19.0. The van der Waals surface area contributed by atoms with Gasteiger partial charge in [0.05, 0.1) is 11.8 Å². The summed E-state index contributed by atoms with van der Waals surface area (Å²) in [5.74, 6) is -1.09. The number of benzene rings is 2. The second-order valence-electron chi connectivity index (χ2n) is 9.46. The number of hydrogen-bond acceptors (Lipinski definition) is 7. The van der Waals surface area contributed by atoms with Crippen molar-refractivity contribution in [3.05, 3.63) is 83.0 Å². The fourth-order valence-corrected chi connectivity index (χ4v) is 4.64. The Hall–Kier alpha value is -3.58. The average Bonchev–Trinajstić information content (AvgIpc) is 2.88. The van der Waals surface area contributed by atoms with Gasteiger partial charge in [-0.15, -0.1) is 0 Å². The van der Waals surface area contributed by atoms with E-state index in [1.165, 1.54) is 6.07 Å². The first-order valence-corrected chi connectivity index (χ1v) is 13.0. The number of esters is 1. The maximum Gasteiger partial charge on any atom is 0.342 e. The van der Waals surface area contributed by atoms with Gasteiger partial charge in [-0.25, -0.2) is 4.79 Å². The van der Waals surface area contributed by atoms with E-state index in [0.717, 1.165) is 31.2 Å². The third kappa shape index (κ3) is 7.23. The highest BCUT2D eigenvalue weighted by molar-refractivity contribution is 6.01. The number of carbonyl (C=O) groups excluding carboxylic acids is 1. The predicted octanol–water partition coefficient (Wildman–Crippen LogP) is 6.30. The molecule has 1 fully saturated rings. The van der Waals surface area contributed by atoms with Gasteiger partial charge in [0.25, 0.3) is 0 Å². The van der Waals surface area contributed by atoms with Crippen LogP contribution in [0.4, 0.5) is 0 Å². The largest absolute Gasteiger partial charge is 0.507 e. The molecule has 0 aromatic heterocycles. The molecule has 2 aromatic rings. The fourth-order valence-electron chi connectivity index (χ4n) is 4.64.